The van der Waals surface area contributed by atoms with E-state index in [1.54, 1.807) is 0 Å². The van der Waals surface area contributed by atoms with Gasteiger partial charge in [0.25, 0.3) is 0 Å². The molecule has 0 aromatic carbocycles. The van der Waals surface area contributed by atoms with Gasteiger partial charge in [-0.1, -0.05) is 11.3 Å². The normalized spacial score (nSPS) is 15.8. The molecule has 3 N–H and O–H groups in total. The molecule has 0 bridgehead atoms. The Bertz CT molecular complexity index is 373. The molecule has 0 saturated heterocycles. The average molecular weight is 227 g/mol. The van der Waals surface area contributed by atoms with Crippen LogP contribution in [0.5, 0.6) is 0 Å². The number of hydrogen-bond donors (Lipinski definition) is 2. The Balaban J connectivity index is 2.09. The van der Waals surface area contributed by atoms with Gasteiger partial charge in [0.05, 0.1) is 7.11 Å². The van der Waals surface area contributed by atoms with E-state index in [4.69, 9.17) is 5.73 Å². The molecule has 82 valence electrons. The lowest BCUT2D eigenvalue weighted by Crippen LogP contribution is -2.26. The standard InChI is InChI=1S/C9H13N3O2S/c1-14-8(13)6-7(10)12-9(15-6)11-5-3-2-4-5/h5H,2-4,10H2,1H3,(H,11,12). The summed E-state index contributed by atoms with van der Waals surface area (Å²) in [7, 11) is 1.33. The topological polar surface area (TPSA) is 77.2 Å². The van der Waals surface area contributed by atoms with Crippen molar-refractivity contribution in [1.82, 2.24) is 4.98 Å². The minimum absolute atomic E-state index is 0.244. The molecule has 5 nitrogen and oxygen atoms in total. The number of nitrogens with two attached hydrogens (primary N) is 1. The predicted molar refractivity (Wildman–Crippen MR) is 59.1 cm³/mol. The molecule has 6 heteroatoms. The number of nitrogens with one attached hydrogen (secondary N) is 1. The van der Waals surface area contributed by atoms with Gasteiger partial charge in [0.2, 0.25) is 0 Å². The van der Waals surface area contributed by atoms with Crippen LogP contribution in [0.15, 0.2) is 0 Å². The summed E-state index contributed by atoms with van der Waals surface area (Å²) in [6.45, 7) is 0. The van der Waals surface area contributed by atoms with Gasteiger partial charge in [-0.3, -0.25) is 0 Å². The molecule has 1 aromatic rings. The number of thiazole rings is 1. The fourth-order valence-electron chi connectivity index (χ4n) is 1.36. The van der Waals surface area contributed by atoms with E-state index < -0.39 is 5.97 Å². The molecule has 0 unspecified atom stereocenters. The molecule has 2 rings (SSSR count). The Morgan fingerprint density at radius 2 is 2.40 bits per heavy atom. The van der Waals surface area contributed by atoms with Crippen molar-refractivity contribution in [3.05, 3.63) is 4.88 Å². The van der Waals surface area contributed by atoms with Gasteiger partial charge < -0.3 is 15.8 Å². The van der Waals surface area contributed by atoms with Crippen LogP contribution < -0.4 is 11.1 Å². The summed E-state index contributed by atoms with van der Waals surface area (Å²) < 4.78 is 4.60. The lowest BCUT2D eigenvalue weighted by molar-refractivity contribution is 0.0607. The first kappa shape index (κ1) is 10.2. The number of anilines is 2. The maximum atomic E-state index is 11.3. The van der Waals surface area contributed by atoms with Crippen molar-refractivity contribution in [3.8, 4) is 0 Å². The van der Waals surface area contributed by atoms with Gasteiger partial charge in [0, 0.05) is 6.04 Å². The quantitative estimate of drug-likeness (QED) is 0.765. The summed E-state index contributed by atoms with van der Waals surface area (Å²) in [4.78, 5) is 15.7. The molecule has 15 heavy (non-hydrogen) atoms. The summed E-state index contributed by atoms with van der Waals surface area (Å²) >= 11 is 1.25. The Hall–Kier alpha value is -1.30. The number of nitrogens with zero attached hydrogens (tertiary/aromatic N) is 1. The molecular weight excluding hydrogens is 214 g/mol. The molecule has 0 atom stereocenters. The van der Waals surface area contributed by atoms with Crippen molar-refractivity contribution < 1.29 is 9.53 Å². The number of carbonyl (C=O) groups is 1. The van der Waals surface area contributed by atoms with Crippen molar-refractivity contribution in [2.24, 2.45) is 0 Å². The molecule has 0 aliphatic heterocycles. The van der Waals surface area contributed by atoms with Gasteiger partial charge in [-0.15, -0.1) is 0 Å². The summed E-state index contributed by atoms with van der Waals surface area (Å²) in [5.41, 5.74) is 5.61. The first-order valence-electron chi connectivity index (χ1n) is 4.82. The predicted octanol–water partition coefficient (Wildman–Crippen LogP) is 1.48. The fraction of sp³-hybridized carbons (Fsp3) is 0.556. The number of hydrogen-bond acceptors (Lipinski definition) is 6. The average Bonchev–Trinajstić information content (AvgIpc) is 2.52. The van der Waals surface area contributed by atoms with Crippen molar-refractivity contribution in [3.63, 3.8) is 0 Å². The van der Waals surface area contributed by atoms with Crippen LogP contribution in [0.25, 0.3) is 0 Å². The smallest absolute Gasteiger partial charge is 0.351 e. The van der Waals surface area contributed by atoms with E-state index in [0.717, 1.165) is 12.8 Å². The van der Waals surface area contributed by atoms with E-state index >= 15 is 0 Å². The van der Waals surface area contributed by atoms with Crippen LogP contribution in [0.4, 0.5) is 10.9 Å². The highest BCUT2D eigenvalue weighted by atomic mass is 32.1. The second kappa shape index (κ2) is 4.06. The Labute approximate surface area is 91.6 Å². The minimum atomic E-state index is -0.424. The number of nitrogen functional groups attached to an aromatic ring is 1. The number of carbonyl (C=O) groups excluding carboxylic acids is 1. The first-order chi connectivity index (χ1) is 7.20. The van der Waals surface area contributed by atoms with E-state index in [1.165, 1.54) is 24.9 Å². The van der Waals surface area contributed by atoms with Crippen molar-refractivity contribution in [2.45, 2.75) is 25.3 Å². The van der Waals surface area contributed by atoms with Gasteiger partial charge in [-0.2, -0.15) is 0 Å². The molecule has 1 aliphatic rings. The lowest BCUT2D eigenvalue weighted by atomic mass is 9.93. The van der Waals surface area contributed by atoms with E-state index in [-0.39, 0.29) is 5.82 Å². The van der Waals surface area contributed by atoms with Crippen LogP contribution in [0.3, 0.4) is 0 Å². The summed E-state index contributed by atoms with van der Waals surface area (Å²) in [5.74, 6) is -0.180. The molecule has 1 aliphatic carbocycles. The van der Waals surface area contributed by atoms with Gasteiger partial charge in [-0.25, -0.2) is 9.78 Å². The first-order valence-corrected chi connectivity index (χ1v) is 5.63. The monoisotopic (exact) mass is 227 g/mol. The highest BCUT2D eigenvalue weighted by Gasteiger charge is 2.21. The summed E-state index contributed by atoms with van der Waals surface area (Å²) in [5, 5.41) is 3.94. The fourth-order valence-corrected chi connectivity index (χ4v) is 2.24. The third kappa shape index (κ3) is 2.04. The zero-order valence-electron chi connectivity index (χ0n) is 8.45. The van der Waals surface area contributed by atoms with Crippen LogP contribution in [0, 0.1) is 0 Å². The van der Waals surface area contributed by atoms with Crippen molar-refractivity contribution in [2.75, 3.05) is 18.2 Å². The summed E-state index contributed by atoms with van der Waals surface area (Å²) in [6, 6.07) is 0.487. The molecule has 1 heterocycles. The second-order valence-electron chi connectivity index (χ2n) is 3.50. The maximum absolute atomic E-state index is 11.3. The largest absolute Gasteiger partial charge is 0.465 e. The van der Waals surface area contributed by atoms with Crippen LogP contribution in [0.1, 0.15) is 28.9 Å². The second-order valence-corrected chi connectivity index (χ2v) is 4.50. The van der Waals surface area contributed by atoms with Crippen LogP contribution in [0.2, 0.25) is 0 Å². The van der Waals surface area contributed by atoms with E-state index in [9.17, 15) is 4.79 Å². The van der Waals surface area contributed by atoms with Gasteiger partial charge in [0.15, 0.2) is 15.8 Å². The molecule has 0 spiro atoms. The molecular formula is C9H13N3O2S. The number of esters is 1. The highest BCUT2D eigenvalue weighted by Crippen LogP contribution is 2.29. The van der Waals surface area contributed by atoms with Gasteiger partial charge in [-0.05, 0) is 19.3 Å². The van der Waals surface area contributed by atoms with E-state index in [2.05, 4.69) is 15.0 Å². The molecule has 0 radical (unpaired) electrons. The minimum Gasteiger partial charge on any atom is -0.465 e. The van der Waals surface area contributed by atoms with Gasteiger partial charge in [0.1, 0.15) is 0 Å². The number of rotatable bonds is 3. The van der Waals surface area contributed by atoms with Crippen molar-refractivity contribution >= 4 is 28.3 Å². The van der Waals surface area contributed by atoms with E-state index in [0.29, 0.717) is 16.1 Å². The summed E-state index contributed by atoms with van der Waals surface area (Å²) in [6.07, 6.45) is 3.57. The molecule has 1 aromatic heterocycles. The SMILES string of the molecule is COC(=O)c1sc(NC2CCC2)nc1N. The molecule has 1 saturated carbocycles. The molecule has 0 amide bonds. The third-order valence-electron chi connectivity index (χ3n) is 2.46. The maximum Gasteiger partial charge on any atom is 0.351 e. The number of aromatic nitrogens is 1. The van der Waals surface area contributed by atoms with Crippen LogP contribution >= 0.6 is 11.3 Å². The van der Waals surface area contributed by atoms with E-state index in [1.807, 2.05) is 0 Å². The molecule has 1 fully saturated rings. The Morgan fingerprint density at radius 3 is 2.93 bits per heavy atom. The van der Waals surface area contributed by atoms with Gasteiger partial charge >= 0.3 is 5.97 Å². The van der Waals surface area contributed by atoms with Crippen LogP contribution in [-0.2, 0) is 4.74 Å². The zero-order valence-corrected chi connectivity index (χ0v) is 9.26. The number of methoxy groups -OCH3 is 1. The zero-order chi connectivity index (χ0) is 10.8. The Kier molecular flexibility index (Phi) is 2.77. The van der Waals surface area contributed by atoms with Crippen LogP contribution in [-0.4, -0.2) is 24.1 Å². The highest BCUT2D eigenvalue weighted by molar-refractivity contribution is 7.17. The third-order valence-corrected chi connectivity index (χ3v) is 3.44. The lowest BCUT2D eigenvalue weighted by Gasteiger charge is -2.25. The number of ether oxygens (including phenoxy) is 1. The Morgan fingerprint density at radius 1 is 1.67 bits per heavy atom. The van der Waals surface area contributed by atoms with Crippen molar-refractivity contribution in [1.29, 1.82) is 0 Å².